The smallest absolute Gasteiger partial charge is 0.263 e. The van der Waals surface area contributed by atoms with E-state index in [0.717, 1.165) is 22.3 Å². The minimum Gasteiger partial charge on any atom is -0.358 e. The van der Waals surface area contributed by atoms with E-state index in [-0.39, 0.29) is 18.4 Å². The van der Waals surface area contributed by atoms with Crippen LogP contribution >= 0.6 is 0 Å². The average molecular weight is 656 g/mol. The van der Waals surface area contributed by atoms with Crippen LogP contribution in [0.4, 0.5) is 0 Å². The van der Waals surface area contributed by atoms with Crippen molar-refractivity contribution in [2.45, 2.75) is 95.6 Å². The Balaban J connectivity index is 1.45. The van der Waals surface area contributed by atoms with Crippen LogP contribution in [0.25, 0.3) is 0 Å². The molecule has 248 valence electrons. The molecule has 47 heavy (non-hydrogen) atoms. The SMILES string of the molecule is CC(=O)N1C(=O)C(=C(C)C)[C@@]1(O[C@@H]1[C@H]2OC(C)(C)O[C@H]2O[C@@H]1COC(c1ccccc1)(c1ccccc1)c1ccccc1)[Si](C)(C)C. The molecule has 3 aliphatic rings. The molecule has 3 aliphatic heterocycles. The van der Waals surface area contributed by atoms with E-state index in [0.29, 0.717) is 5.57 Å². The molecule has 0 unspecified atom stereocenters. The van der Waals surface area contributed by atoms with Crippen LogP contribution in [0.3, 0.4) is 0 Å². The minimum absolute atomic E-state index is 0.101. The zero-order valence-corrected chi connectivity index (χ0v) is 29.5. The molecule has 0 N–H and O–H groups in total. The first-order valence-corrected chi connectivity index (χ1v) is 19.8. The fraction of sp³-hybridized carbons (Fsp3) is 0.421. The standard InChI is InChI=1S/C38H45NO7Si/c1-25(2)31-34(41)39(26(3)40)38(31,47(6,7)8)45-32-30(43-35-33(32)44-36(4,5)46-35)24-42-37(27-18-12-9-13-19-27,28-20-14-10-15-21-28)29-22-16-11-17-23-29/h9-23,30,32-33,35H,24H2,1-8H3/t30-,32+,33-,35-,38-/m1/s1. The number of amides is 2. The Bertz CT molecular complexity index is 1550. The van der Waals surface area contributed by atoms with E-state index in [1.54, 1.807) is 0 Å². The summed E-state index contributed by atoms with van der Waals surface area (Å²) in [6.07, 6.45) is -2.72. The number of carbonyl (C=O) groups excluding carboxylic acids is 2. The van der Waals surface area contributed by atoms with Crippen molar-refractivity contribution in [2.75, 3.05) is 6.61 Å². The number of ether oxygens (including phenoxy) is 5. The highest BCUT2D eigenvalue weighted by Gasteiger charge is 2.69. The summed E-state index contributed by atoms with van der Waals surface area (Å²) in [4.78, 5) is 27.9. The number of hydrogen-bond acceptors (Lipinski definition) is 7. The third-order valence-corrected chi connectivity index (χ3v) is 11.9. The third-order valence-electron chi connectivity index (χ3n) is 9.30. The first-order valence-electron chi connectivity index (χ1n) is 16.3. The molecule has 3 aromatic rings. The van der Waals surface area contributed by atoms with Crippen molar-refractivity contribution in [1.29, 1.82) is 0 Å². The molecule has 3 fully saturated rings. The molecular formula is C38H45NO7Si. The summed E-state index contributed by atoms with van der Waals surface area (Å²) in [5, 5.41) is -1.22. The van der Waals surface area contributed by atoms with Gasteiger partial charge in [0.15, 0.2) is 17.4 Å². The van der Waals surface area contributed by atoms with Crippen LogP contribution in [0.5, 0.6) is 0 Å². The first kappa shape index (κ1) is 33.5. The molecule has 0 spiro atoms. The van der Waals surface area contributed by atoms with Crippen molar-refractivity contribution >= 4 is 19.9 Å². The van der Waals surface area contributed by atoms with Crippen LogP contribution < -0.4 is 0 Å². The van der Waals surface area contributed by atoms with Gasteiger partial charge >= 0.3 is 0 Å². The Hall–Kier alpha value is -3.44. The maximum Gasteiger partial charge on any atom is 0.263 e. The average Bonchev–Trinajstić information content (AvgIpc) is 3.48. The van der Waals surface area contributed by atoms with E-state index in [1.807, 2.05) is 82.3 Å². The molecule has 0 saturated carbocycles. The summed E-state index contributed by atoms with van der Waals surface area (Å²) in [6, 6.07) is 30.4. The van der Waals surface area contributed by atoms with E-state index in [4.69, 9.17) is 23.7 Å². The summed E-state index contributed by atoms with van der Waals surface area (Å²) in [5.41, 5.74) is 3.23. The van der Waals surface area contributed by atoms with Gasteiger partial charge < -0.3 is 23.7 Å². The lowest BCUT2D eigenvalue weighted by atomic mass is 9.80. The lowest BCUT2D eigenvalue weighted by molar-refractivity contribution is -0.243. The van der Waals surface area contributed by atoms with Gasteiger partial charge in [-0.25, -0.2) is 4.90 Å². The molecule has 2 amide bonds. The Labute approximate surface area is 278 Å². The van der Waals surface area contributed by atoms with E-state index < -0.39 is 49.4 Å². The van der Waals surface area contributed by atoms with Crippen molar-refractivity contribution in [3.63, 3.8) is 0 Å². The molecule has 8 nitrogen and oxygen atoms in total. The number of nitrogens with zero attached hydrogens (tertiary/aromatic N) is 1. The second-order valence-electron chi connectivity index (χ2n) is 14.2. The Morgan fingerprint density at radius 2 is 1.32 bits per heavy atom. The number of carbonyl (C=O) groups is 2. The molecule has 0 bridgehead atoms. The Morgan fingerprint density at radius 3 is 1.74 bits per heavy atom. The maximum atomic E-state index is 13.5. The monoisotopic (exact) mass is 655 g/mol. The number of allylic oxidation sites excluding steroid dienone is 1. The normalized spacial score (nSPS) is 27.0. The number of hydrogen-bond donors (Lipinski definition) is 0. The van der Waals surface area contributed by atoms with Crippen molar-refractivity contribution in [1.82, 2.24) is 4.90 Å². The Morgan fingerprint density at radius 1 is 0.830 bits per heavy atom. The highest BCUT2D eigenvalue weighted by molar-refractivity contribution is 6.81. The summed E-state index contributed by atoms with van der Waals surface area (Å²) in [6.45, 7) is 15.3. The van der Waals surface area contributed by atoms with E-state index in [2.05, 4.69) is 56.0 Å². The van der Waals surface area contributed by atoms with Crippen LogP contribution in [0, 0.1) is 0 Å². The maximum absolute atomic E-state index is 13.5. The lowest BCUT2D eigenvalue weighted by Crippen LogP contribution is -2.79. The van der Waals surface area contributed by atoms with Gasteiger partial charge in [0.05, 0.1) is 12.2 Å². The summed E-state index contributed by atoms with van der Waals surface area (Å²) in [5.74, 6) is -1.58. The highest BCUT2D eigenvalue weighted by atomic mass is 28.3. The summed E-state index contributed by atoms with van der Waals surface area (Å²) in [7, 11) is -2.50. The first-order chi connectivity index (χ1) is 22.2. The van der Waals surface area contributed by atoms with E-state index >= 15 is 0 Å². The second kappa shape index (κ2) is 12.2. The van der Waals surface area contributed by atoms with Crippen LogP contribution in [0.1, 0.15) is 51.3 Å². The van der Waals surface area contributed by atoms with Crippen molar-refractivity contribution < 1.29 is 33.3 Å². The molecule has 0 radical (unpaired) electrons. The number of likely N-dealkylation sites (tertiary alicyclic amines) is 1. The molecular weight excluding hydrogens is 611 g/mol. The fourth-order valence-corrected chi connectivity index (χ4v) is 9.90. The molecule has 0 aromatic heterocycles. The Kier molecular flexibility index (Phi) is 8.70. The zero-order chi connectivity index (χ0) is 33.8. The molecule has 9 heteroatoms. The molecule has 3 heterocycles. The second-order valence-corrected chi connectivity index (χ2v) is 19.4. The molecule has 3 aromatic carbocycles. The van der Waals surface area contributed by atoms with Gasteiger partial charge in [-0.05, 0) is 44.4 Å². The van der Waals surface area contributed by atoms with Gasteiger partial charge in [0.1, 0.15) is 32.0 Å². The number of fused-ring (bicyclic) bond motifs is 1. The van der Waals surface area contributed by atoms with E-state index in [1.165, 1.54) is 11.8 Å². The van der Waals surface area contributed by atoms with Crippen molar-refractivity contribution in [2.24, 2.45) is 0 Å². The van der Waals surface area contributed by atoms with Gasteiger partial charge in [0, 0.05) is 6.92 Å². The van der Waals surface area contributed by atoms with Crippen LogP contribution in [-0.4, -0.2) is 67.1 Å². The molecule has 3 saturated heterocycles. The van der Waals surface area contributed by atoms with Crippen LogP contribution in [0.15, 0.2) is 102 Å². The lowest BCUT2D eigenvalue weighted by Gasteiger charge is -2.59. The van der Waals surface area contributed by atoms with Crippen LogP contribution in [0.2, 0.25) is 19.6 Å². The minimum atomic E-state index is -2.50. The predicted molar refractivity (Wildman–Crippen MR) is 181 cm³/mol. The van der Waals surface area contributed by atoms with Gasteiger partial charge in [-0.2, -0.15) is 0 Å². The van der Waals surface area contributed by atoms with Crippen molar-refractivity contribution in [3.05, 3.63) is 119 Å². The number of imide groups is 1. The summed E-state index contributed by atoms with van der Waals surface area (Å²) >= 11 is 0. The number of rotatable bonds is 9. The van der Waals surface area contributed by atoms with Gasteiger partial charge in [-0.3, -0.25) is 9.59 Å². The van der Waals surface area contributed by atoms with Gasteiger partial charge in [0.25, 0.3) is 5.91 Å². The quantitative estimate of drug-likeness (QED) is 0.112. The predicted octanol–water partition coefficient (Wildman–Crippen LogP) is 6.56. The zero-order valence-electron chi connectivity index (χ0n) is 28.5. The number of benzene rings is 3. The third kappa shape index (κ3) is 5.53. The summed E-state index contributed by atoms with van der Waals surface area (Å²) < 4.78 is 33.6. The molecule has 0 aliphatic carbocycles. The van der Waals surface area contributed by atoms with Crippen molar-refractivity contribution in [3.8, 4) is 0 Å². The van der Waals surface area contributed by atoms with E-state index in [9.17, 15) is 9.59 Å². The fourth-order valence-electron chi connectivity index (χ4n) is 7.37. The van der Waals surface area contributed by atoms with Gasteiger partial charge in [-0.15, -0.1) is 0 Å². The largest absolute Gasteiger partial charge is 0.358 e. The topological polar surface area (TPSA) is 83.5 Å². The highest BCUT2D eigenvalue weighted by Crippen LogP contribution is 2.51. The number of β-lactam (4-membered cyclic amide) rings is 1. The molecule has 6 rings (SSSR count). The van der Waals surface area contributed by atoms with Crippen LogP contribution in [-0.2, 0) is 38.9 Å². The molecule has 5 atom stereocenters. The van der Waals surface area contributed by atoms with Gasteiger partial charge in [-0.1, -0.05) is 116 Å². The van der Waals surface area contributed by atoms with Gasteiger partial charge in [0.2, 0.25) is 5.91 Å².